The van der Waals surface area contributed by atoms with Gasteiger partial charge in [-0.2, -0.15) is 0 Å². The number of aromatic nitrogens is 3. The average Bonchev–Trinajstić information content (AvgIpc) is 3.11. The first-order valence-electron chi connectivity index (χ1n) is 7.92. The van der Waals surface area contributed by atoms with E-state index in [0.29, 0.717) is 12.3 Å². The Hall–Kier alpha value is -3.15. The van der Waals surface area contributed by atoms with Gasteiger partial charge in [-0.3, -0.25) is 9.36 Å². The zero-order valence-electron chi connectivity index (χ0n) is 14.5. The molecule has 0 aliphatic heterocycles. The summed E-state index contributed by atoms with van der Waals surface area (Å²) in [6.07, 6.45) is 5.66. The zero-order valence-corrected chi connectivity index (χ0v) is 14.5. The smallest absolute Gasteiger partial charge is 0.226 e. The Bertz CT molecular complexity index is 886. The number of likely N-dealkylation sites (N-methyl/N-ethyl adjacent to an activating group) is 1. The van der Waals surface area contributed by atoms with Crippen molar-refractivity contribution >= 4 is 5.91 Å². The van der Waals surface area contributed by atoms with Gasteiger partial charge < -0.3 is 9.64 Å². The van der Waals surface area contributed by atoms with Crippen molar-refractivity contribution in [2.75, 3.05) is 21.2 Å². The Kier molecular flexibility index (Phi) is 4.79. The van der Waals surface area contributed by atoms with Crippen molar-refractivity contribution in [3.05, 3.63) is 60.6 Å². The highest BCUT2D eigenvalue weighted by Crippen LogP contribution is 2.25. The molecule has 3 rings (SSSR count). The molecule has 3 aromatic rings. The second kappa shape index (κ2) is 7.17. The van der Waals surface area contributed by atoms with Gasteiger partial charge in [-0.05, 0) is 17.7 Å². The molecule has 1 amide bonds. The number of para-hydroxylation sites is 1. The predicted molar refractivity (Wildman–Crippen MR) is 95.7 cm³/mol. The zero-order chi connectivity index (χ0) is 17.8. The minimum Gasteiger partial charge on any atom is -0.481 e. The lowest BCUT2D eigenvalue weighted by molar-refractivity contribution is -0.127. The molecule has 0 aliphatic rings. The Morgan fingerprint density at radius 3 is 2.72 bits per heavy atom. The first kappa shape index (κ1) is 16.7. The lowest BCUT2D eigenvalue weighted by atomic mass is 10.1. The number of pyridine rings is 1. The van der Waals surface area contributed by atoms with Crippen LogP contribution in [0.1, 0.15) is 5.56 Å². The summed E-state index contributed by atoms with van der Waals surface area (Å²) in [5, 5.41) is 0. The lowest BCUT2D eigenvalue weighted by Crippen LogP contribution is -2.24. The summed E-state index contributed by atoms with van der Waals surface area (Å²) in [6.45, 7) is 0. The summed E-state index contributed by atoms with van der Waals surface area (Å²) in [5.74, 6) is 1.35. The molecule has 0 radical (unpaired) electrons. The molecule has 6 nitrogen and oxygen atoms in total. The molecule has 128 valence electrons. The molecule has 1 aromatic carbocycles. The molecule has 0 N–H and O–H groups in total. The van der Waals surface area contributed by atoms with Gasteiger partial charge in [0.15, 0.2) is 0 Å². The Morgan fingerprint density at radius 2 is 1.96 bits per heavy atom. The predicted octanol–water partition coefficient (Wildman–Crippen LogP) is 2.57. The van der Waals surface area contributed by atoms with Crippen LogP contribution in [0.3, 0.4) is 0 Å². The van der Waals surface area contributed by atoms with Crippen molar-refractivity contribution in [2.24, 2.45) is 0 Å². The van der Waals surface area contributed by atoms with Crippen molar-refractivity contribution in [1.29, 1.82) is 0 Å². The molecule has 0 aliphatic carbocycles. The molecule has 0 fully saturated rings. The standard InChI is InChI=1S/C19H20N4O2/c1-22(2)18(24)13-14-6-4-5-7-16(14)23-11-10-21-19(23)15-8-9-20-17(12-15)25-3/h4-12H,13H2,1-3H3. The average molecular weight is 336 g/mol. The molecule has 0 spiro atoms. The van der Waals surface area contributed by atoms with E-state index in [4.69, 9.17) is 4.74 Å². The van der Waals surface area contributed by atoms with Crippen molar-refractivity contribution < 1.29 is 9.53 Å². The molecule has 25 heavy (non-hydrogen) atoms. The second-order valence-corrected chi connectivity index (χ2v) is 5.80. The summed E-state index contributed by atoms with van der Waals surface area (Å²) in [5.41, 5.74) is 2.77. The fraction of sp³-hybridized carbons (Fsp3) is 0.211. The first-order chi connectivity index (χ1) is 12.1. The number of imidazole rings is 1. The number of benzene rings is 1. The van der Waals surface area contributed by atoms with E-state index in [1.54, 1.807) is 38.5 Å². The van der Waals surface area contributed by atoms with Crippen LogP contribution < -0.4 is 4.74 Å². The Balaban J connectivity index is 2.04. The van der Waals surface area contributed by atoms with Crippen LogP contribution in [0, 0.1) is 0 Å². The van der Waals surface area contributed by atoms with Gasteiger partial charge in [0.25, 0.3) is 0 Å². The summed E-state index contributed by atoms with van der Waals surface area (Å²) < 4.78 is 7.18. The molecule has 6 heteroatoms. The summed E-state index contributed by atoms with van der Waals surface area (Å²) >= 11 is 0. The van der Waals surface area contributed by atoms with E-state index in [1.165, 1.54) is 0 Å². The Labute approximate surface area is 146 Å². The number of nitrogens with zero attached hydrogens (tertiary/aromatic N) is 4. The number of methoxy groups -OCH3 is 1. The number of carbonyl (C=O) groups is 1. The maximum atomic E-state index is 12.1. The van der Waals surface area contributed by atoms with Crippen LogP contribution in [0.15, 0.2) is 55.0 Å². The topological polar surface area (TPSA) is 60.3 Å². The van der Waals surface area contributed by atoms with Crippen LogP contribution in [-0.4, -0.2) is 46.5 Å². The molecule has 0 atom stereocenters. The number of carbonyl (C=O) groups excluding carboxylic acids is 1. The van der Waals surface area contributed by atoms with E-state index in [9.17, 15) is 4.79 Å². The minimum atomic E-state index is 0.0553. The molecule has 2 heterocycles. The third-order valence-corrected chi connectivity index (χ3v) is 3.93. The summed E-state index contributed by atoms with van der Waals surface area (Å²) in [7, 11) is 5.11. The molecular weight excluding hydrogens is 316 g/mol. The number of ether oxygens (including phenoxy) is 1. The molecule has 0 bridgehead atoms. The summed E-state index contributed by atoms with van der Waals surface area (Å²) in [4.78, 5) is 22.4. The highest BCUT2D eigenvalue weighted by molar-refractivity contribution is 5.79. The van der Waals surface area contributed by atoms with Gasteiger partial charge in [-0.25, -0.2) is 9.97 Å². The normalized spacial score (nSPS) is 10.5. The number of hydrogen-bond acceptors (Lipinski definition) is 4. The van der Waals surface area contributed by atoms with E-state index < -0.39 is 0 Å². The third kappa shape index (κ3) is 3.52. The van der Waals surface area contributed by atoms with Crippen LogP contribution in [0.25, 0.3) is 17.1 Å². The van der Waals surface area contributed by atoms with Crippen molar-refractivity contribution in [3.8, 4) is 23.0 Å². The SMILES string of the molecule is COc1cc(-c2nccn2-c2ccccc2CC(=O)N(C)C)ccn1. The molecule has 2 aromatic heterocycles. The molecule has 0 saturated carbocycles. The van der Waals surface area contributed by atoms with Crippen LogP contribution in [0.5, 0.6) is 5.88 Å². The second-order valence-electron chi connectivity index (χ2n) is 5.80. The molecular formula is C19H20N4O2. The summed E-state index contributed by atoms with van der Waals surface area (Å²) in [6, 6.07) is 11.6. The number of hydrogen-bond donors (Lipinski definition) is 0. The molecule has 0 unspecified atom stereocenters. The van der Waals surface area contributed by atoms with Gasteiger partial charge in [0.1, 0.15) is 5.82 Å². The van der Waals surface area contributed by atoms with Crippen LogP contribution in [0.4, 0.5) is 0 Å². The largest absolute Gasteiger partial charge is 0.481 e. The van der Waals surface area contributed by atoms with E-state index >= 15 is 0 Å². The van der Waals surface area contributed by atoms with Crippen molar-refractivity contribution in [1.82, 2.24) is 19.4 Å². The highest BCUT2D eigenvalue weighted by Gasteiger charge is 2.14. The van der Waals surface area contributed by atoms with Crippen molar-refractivity contribution in [2.45, 2.75) is 6.42 Å². The van der Waals surface area contributed by atoms with Gasteiger partial charge in [0.05, 0.1) is 19.2 Å². The lowest BCUT2D eigenvalue weighted by Gasteiger charge is -2.15. The van der Waals surface area contributed by atoms with E-state index in [0.717, 1.165) is 22.6 Å². The van der Waals surface area contributed by atoms with Gasteiger partial charge in [0.2, 0.25) is 11.8 Å². The fourth-order valence-electron chi connectivity index (χ4n) is 2.59. The maximum absolute atomic E-state index is 12.1. The van der Waals surface area contributed by atoms with Gasteiger partial charge in [-0.15, -0.1) is 0 Å². The highest BCUT2D eigenvalue weighted by atomic mass is 16.5. The van der Waals surface area contributed by atoms with E-state index in [1.807, 2.05) is 47.2 Å². The van der Waals surface area contributed by atoms with Gasteiger partial charge >= 0.3 is 0 Å². The van der Waals surface area contributed by atoms with Gasteiger partial charge in [0, 0.05) is 44.3 Å². The van der Waals surface area contributed by atoms with Gasteiger partial charge in [-0.1, -0.05) is 18.2 Å². The number of rotatable bonds is 5. The van der Waals surface area contributed by atoms with Crippen LogP contribution in [0.2, 0.25) is 0 Å². The number of amides is 1. The maximum Gasteiger partial charge on any atom is 0.226 e. The minimum absolute atomic E-state index is 0.0553. The van der Waals surface area contributed by atoms with E-state index in [2.05, 4.69) is 9.97 Å². The Morgan fingerprint density at radius 1 is 1.16 bits per heavy atom. The van der Waals surface area contributed by atoms with E-state index in [-0.39, 0.29) is 5.91 Å². The van der Waals surface area contributed by atoms with Crippen LogP contribution in [-0.2, 0) is 11.2 Å². The molecule has 0 saturated heterocycles. The quantitative estimate of drug-likeness (QED) is 0.718. The third-order valence-electron chi connectivity index (χ3n) is 3.93. The van der Waals surface area contributed by atoms with Crippen molar-refractivity contribution in [3.63, 3.8) is 0 Å². The fourth-order valence-corrected chi connectivity index (χ4v) is 2.59. The van der Waals surface area contributed by atoms with Crippen LogP contribution >= 0.6 is 0 Å². The monoisotopic (exact) mass is 336 g/mol. The first-order valence-corrected chi connectivity index (χ1v) is 7.92.